The van der Waals surface area contributed by atoms with Gasteiger partial charge >= 0.3 is 0 Å². The zero-order valence-corrected chi connectivity index (χ0v) is 12.9. The van der Waals surface area contributed by atoms with E-state index in [2.05, 4.69) is 35.8 Å². The minimum absolute atomic E-state index is 0.607. The van der Waals surface area contributed by atoms with Crippen molar-refractivity contribution in [1.29, 1.82) is 0 Å². The van der Waals surface area contributed by atoms with Crippen molar-refractivity contribution >= 4 is 5.82 Å². The van der Waals surface area contributed by atoms with Gasteiger partial charge in [-0.05, 0) is 63.7 Å². The third kappa shape index (κ3) is 2.69. The fourth-order valence-electron chi connectivity index (χ4n) is 3.77. The molecule has 0 amide bonds. The second-order valence-corrected chi connectivity index (χ2v) is 6.23. The van der Waals surface area contributed by atoms with Crippen LogP contribution in [0.3, 0.4) is 0 Å². The average molecular weight is 273 g/mol. The van der Waals surface area contributed by atoms with Crippen LogP contribution in [-0.2, 0) is 0 Å². The highest BCUT2D eigenvalue weighted by Crippen LogP contribution is 2.34. The standard InChI is InChI=1S/C17H27N3/c1-3-10-19-13-6-7-16(19)15-8-9-17(18-14(15)2)20-11-4-5-12-20/h8-9,16H,3-7,10-13H2,1-2H3. The Morgan fingerprint density at radius 3 is 2.65 bits per heavy atom. The quantitative estimate of drug-likeness (QED) is 0.836. The number of anilines is 1. The monoisotopic (exact) mass is 273 g/mol. The summed E-state index contributed by atoms with van der Waals surface area (Å²) in [6, 6.07) is 5.19. The first-order valence-corrected chi connectivity index (χ1v) is 8.26. The molecule has 2 aliphatic heterocycles. The summed E-state index contributed by atoms with van der Waals surface area (Å²) in [5.74, 6) is 1.18. The first-order valence-electron chi connectivity index (χ1n) is 8.26. The van der Waals surface area contributed by atoms with Crippen LogP contribution >= 0.6 is 0 Å². The molecular formula is C17H27N3. The van der Waals surface area contributed by atoms with Crippen molar-refractivity contribution in [3.05, 3.63) is 23.4 Å². The maximum Gasteiger partial charge on any atom is 0.128 e. The van der Waals surface area contributed by atoms with Gasteiger partial charge in [-0.2, -0.15) is 0 Å². The van der Waals surface area contributed by atoms with E-state index < -0.39 is 0 Å². The number of nitrogens with zero attached hydrogens (tertiary/aromatic N) is 3. The van der Waals surface area contributed by atoms with Crippen LogP contribution in [0, 0.1) is 6.92 Å². The number of rotatable bonds is 4. The number of pyridine rings is 1. The van der Waals surface area contributed by atoms with E-state index in [4.69, 9.17) is 4.98 Å². The molecule has 1 atom stereocenters. The molecule has 3 nitrogen and oxygen atoms in total. The molecular weight excluding hydrogens is 246 g/mol. The van der Waals surface area contributed by atoms with Crippen LogP contribution in [-0.4, -0.2) is 36.1 Å². The minimum Gasteiger partial charge on any atom is -0.357 e. The first-order chi connectivity index (χ1) is 9.79. The van der Waals surface area contributed by atoms with Crippen LogP contribution in [0.2, 0.25) is 0 Å². The van der Waals surface area contributed by atoms with E-state index in [1.807, 2.05) is 0 Å². The van der Waals surface area contributed by atoms with Gasteiger partial charge in [-0.15, -0.1) is 0 Å². The highest BCUT2D eigenvalue weighted by atomic mass is 15.2. The summed E-state index contributed by atoms with van der Waals surface area (Å²) < 4.78 is 0. The molecule has 0 spiro atoms. The van der Waals surface area contributed by atoms with Crippen LogP contribution in [0.25, 0.3) is 0 Å². The van der Waals surface area contributed by atoms with Crippen molar-refractivity contribution in [2.75, 3.05) is 31.1 Å². The second-order valence-electron chi connectivity index (χ2n) is 6.23. The van der Waals surface area contributed by atoms with Crippen molar-refractivity contribution in [3.8, 4) is 0 Å². The maximum absolute atomic E-state index is 4.89. The molecule has 0 aromatic carbocycles. The summed E-state index contributed by atoms with van der Waals surface area (Å²) in [6.07, 6.45) is 6.50. The van der Waals surface area contributed by atoms with E-state index >= 15 is 0 Å². The summed E-state index contributed by atoms with van der Waals surface area (Å²) in [5, 5.41) is 0. The molecule has 3 heterocycles. The molecule has 20 heavy (non-hydrogen) atoms. The summed E-state index contributed by atoms with van der Waals surface area (Å²) >= 11 is 0. The molecule has 1 aromatic heterocycles. The molecule has 1 unspecified atom stereocenters. The Labute approximate surface area is 123 Å². The van der Waals surface area contributed by atoms with Gasteiger partial charge in [-0.25, -0.2) is 4.98 Å². The zero-order valence-electron chi connectivity index (χ0n) is 12.9. The van der Waals surface area contributed by atoms with Crippen LogP contribution in [0.5, 0.6) is 0 Å². The lowest BCUT2D eigenvalue weighted by Gasteiger charge is -2.26. The molecule has 1 aromatic rings. The van der Waals surface area contributed by atoms with E-state index in [-0.39, 0.29) is 0 Å². The van der Waals surface area contributed by atoms with Crippen LogP contribution in [0.15, 0.2) is 12.1 Å². The normalized spacial score (nSPS) is 23.7. The fraction of sp³-hybridized carbons (Fsp3) is 0.706. The highest BCUT2D eigenvalue weighted by Gasteiger charge is 2.27. The Balaban J connectivity index is 1.79. The molecule has 3 rings (SSSR count). The summed E-state index contributed by atoms with van der Waals surface area (Å²) in [7, 11) is 0. The van der Waals surface area contributed by atoms with Crippen LogP contribution < -0.4 is 4.90 Å². The van der Waals surface area contributed by atoms with Gasteiger partial charge < -0.3 is 4.90 Å². The lowest BCUT2D eigenvalue weighted by molar-refractivity contribution is 0.257. The first kappa shape index (κ1) is 13.9. The van der Waals surface area contributed by atoms with Gasteiger partial charge in [0.1, 0.15) is 5.82 Å². The van der Waals surface area contributed by atoms with E-state index in [1.54, 1.807) is 0 Å². The molecule has 110 valence electrons. The van der Waals surface area contributed by atoms with E-state index in [0.717, 1.165) is 0 Å². The Morgan fingerprint density at radius 1 is 1.15 bits per heavy atom. The maximum atomic E-state index is 4.89. The van der Waals surface area contributed by atoms with Gasteiger partial charge in [0.25, 0.3) is 0 Å². The van der Waals surface area contributed by atoms with Gasteiger partial charge in [-0.3, -0.25) is 4.90 Å². The van der Waals surface area contributed by atoms with E-state index in [9.17, 15) is 0 Å². The van der Waals surface area contributed by atoms with Crippen molar-refractivity contribution in [1.82, 2.24) is 9.88 Å². The second kappa shape index (κ2) is 6.13. The van der Waals surface area contributed by atoms with Gasteiger partial charge in [0.2, 0.25) is 0 Å². The Kier molecular flexibility index (Phi) is 4.25. The molecule has 2 fully saturated rings. The van der Waals surface area contributed by atoms with Gasteiger partial charge in [0, 0.05) is 24.8 Å². The average Bonchev–Trinajstić information content (AvgIpc) is 3.10. The summed E-state index contributed by atoms with van der Waals surface area (Å²) in [6.45, 7) is 9.30. The zero-order chi connectivity index (χ0) is 13.9. The fourth-order valence-corrected chi connectivity index (χ4v) is 3.77. The number of likely N-dealkylation sites (tertiary alicyclic amines) is 1. The van der Waals surface area contributed by atoms with Crippen molar-refractivity contribution < 1.29 is 0 Å². The van der Waals surface area contributed by atoms with Crippen LogP contribution in [0.1, 0.15) is 56.3 Å². The molecule has 0 bridgehead atoms. The number of aromatic nitrogens is 1. The third-order valence-electron chi connectivity index (χ3n) is 4.78. The largest absolute Gasteiger partial charge is 0.357 e. The van der Waals surface area contributed by atoms with Crippen molar-refractivity contribution in [3.63, 3.8) is 0 Å². The van der Waals surface area contributed by atoms with Crippen molar-refractivity contribution in [2.24, 2.45) is 0 Å². The molecule has 0 radical (unpaired) electrons. The number of aryl methyl sites for hydroxylation is 1. The summed E-state index contributed by atoms with van der Waals surface area (Å²) in [5.41, 5.74) is 2.70. The Morgan fingerprint density at radius 2 is 1.95 bits per heavy atom. The molecule has 3 heteroatoms. The van der Waals surface area contributed by atoms with Crippen molar-refractivity contribution in [2.45, 2.75) is 52.0 Å². The predicted molar refractivity (Wildman–Crippen MR) is 84.3 cm³/mol. The molecule has 2 saturated heterocycles. The van der Waals surface area contributed by atoms with Crippen LogP contribution in [0.4, 0.5) is 5.82 Å². The van der Waals surface area contributed by atoms with Gasteiger partial charge in [0.05, 0.1) is 0 Å². The Bertz CT molecular complexity index is 452. The summed E-state index contributed by atoms with van der Waals surface area (Å²) in [4.78, 5) is 9.96. The minimum atomic E-state index is 0.607. The van der Waals surface area contributed by atoms with Gasteiger partial charge in [0.15, 0.2) is 0 Å². The lowest BCUT2D eigenvalue weighted by Crippen LogP contribution is -2.25. The predicted octanol–water partition coefficient (Wildman–Crippen LogP) is 3.54. The van der Waals surface area contributed by atoms with E-state index in [1.165, 1.54) is 75.4 Å². The topological polar surface area (TPSA) is 19.4 Å². The smallest absolute Gasteiger partial charge is 0.128 e. The SMILES string of the molecule is CCCN1CCCC1c1ccc(N2CCCC2)nc1C. The molecule has 0 N–H and O–H groups in total. The highest BCUT2D eigenvalue weighted by molar-refractivity contribution is 5.43. The Hall–Kier alpha value is -1.09. The third-order valence-corrected chi connectivity index (χ3v) is 4.78. The molecule has 0 aliphatic carbocycles. The van der Waals surface area contributed by atoms with Gasteiger partial charge in [-0.1, -0.05) is 13.0 Å². The number of hydrogen-bond donors (Lipinski definition) is 0. The lowest BCUT2D eigenvalue weighted by atomic mass is 10.0. The van der Waals surface area contributed by atoms with E-state index in [0.29, 0.717) is 6.04 Å². The molecule has 2 aliphatic rings. The number of hydrogen-bond acceptors (Lipinski definition) is 3. The molecule has 0 saturated carbocycles.